The van der Waals surface area contributed by atoms with Gasteiger partial charge in [0.25, 0.3) is 5.91 Å². The van der Waals surface area contributed by atoms with Crippen molar-refractivity contribution in [2.45, 2.75) is 4.90 Å². The Kier molecular flexibility index (Phi) is 2.13. The Morgan fingerprint density at radius 1 is 1.40 bits per heavy atom. The summed E-state index contributed by atoms with van der Waals surface area (Å²) in [5.74, 6) is -0.0975. The predicted molar refractivity (Wildman–Crippen MR) is 51.9 cm³/mol. The Bertz CT molecular complexity index is 523. The maximum Gasteiger partial charge on any atom is 0.262 e. The molecule has 0 saturated carbocycles. The molecular formula is C8H8N2O4S. The van der Waals surface area contributed by atoms with Gasteiger partial charge < -0.3 is 10.1 Å². The number of anilines is 1. The highest BCUT2D eigenvalue weighted by Crippen LogP contribution is 2.33. The molecule has 80 valence electrons. The van der Waals surface area contributed by atoms with Gasteiger partial charge in [-0.25, -0.2) is 13.6 Å². The van der Waals surface area contributed by atoms with E-state index in [1.54, 1.807) is 6.07 Å². The van der Waals surface area contributed by atoms with Crippen LogP contribution in [0.4, 0.5) is 5.69 Å². The number of para-hydroxylation sites is 1. The molecule has 0 aromatic heterocycles. The van der Waals surface area contributed by atoms with E-state index in [2.05, 4.69) is 5.32 Å². The lowest BCUT2D eigenvalue weighted by atomic mass is 10.2. The van der Waals surface area contributed by atoms with E-state index in [1.165, 1.54) is 12.1 Å². The van der Waals surface area contributed by atoms with Crippen LogP contribution in [0.5, 0.6) is 5.75 Å². The molecule has 15 heavy (non-hydrogen) atoms. The summed E-state index contributed by atoms with van der Waals surface area (Å²) >= 11 is 0. The molecule has 0 bridgehead atoms. The molecule has 0 saturated heterocycles. The second-order valence-electron chi connectivity index (χ2n) is 3.01. The average Bonchev–Trinajstić information content (AvgIpc) is 2.15. The van der Waals surface area contributed by atoms with Crippen LogP contribution < -0.4 is 15.2 Å². The van der Waals surface area contributed by atoms with Crippen molar-refractivity contribution in [3.8, 4) is 5.75 Å². The number of carbonyl (C=O) groups is 1. The summed E-state index contributed by atoms with van der Waals surface area (Å²) in [6.07, 6.45) is 0. The van der Waals surface area contributed by atoms with Gasteiger partial charge in [0, 0.05) is 0 Å². The number of hydrogen-bond donors (Lipinski definition) is 2. The van der Waals surface area contributed by atoms with Crippen LogP contribution in [0, 0.1) is 0 Å². The standard InChI is InChI=1S/C8H8N2O4S/c9-15(12,13)6-3-1-2-5-8(6)10-7(11)4-14-5/h1-3H,4H2,(H,10,11)(H2,9,12,13). The lowest BCUT2D eigenvalue weighted by molar-refractivity contribution is -0.118. The van der Waals surface area contributed by atoms with Crippen molar-refractivity contribution < 1.29 is 17.9 Å². The zero-order valence-electron chi connectivity index (χ0n) is 7.56. The Morgan fingerprint density at radius 3 is 2.80 bits per heavy atom. The molecule has 0 atom stereocenters. The van der Waals surface area contributed by atoms with Gasteiger partial charge in [0.05, 0.1) is 0 Å². The number of nitrogens with two attached hydrogens (primary N) is 1. The summed E-state index contributed by atoms with van der Waals surface area (Å²) < 4.78 is 27.4. The Balaban J connectivity index is 2.64. The second kappa shape index (κ2) is 3.21. The van der Waals surface area contributed by atoms with E-state index < -0.39 is 15.9 Å². The molecular weight excluding hydrogens is 220 g/mol. The number of primary sulfonamides is 1. The molecule has 3 N–H and O–H groups in total. The highest BCUT2D eigenvalue weighted by atomic mass is 32.2. The SMILES string of the molecule is NS(=O)(=O)c1cccc2c1NC(=O)CO2. The summed E-state index contributed by atoms with van der Waals surface area (Å²) in [7, 11) is -3.86. The average molecular weight is 228 g/mol. The van der Waals surface area contributed by atoms with Crippen molar-refractivity contribution in [2.24, 2.45) is 5.14 Å². The highest BCUT2D eigenvalue weighted by Gasteiger charge is 2.23. The number of carbonyl (C=O) groups excluding carboxylic acids is 1. The topological polar surface area (TPSA) is 98.5 Å². The first-order valence-corrected chi connectivity index (χ1v) is 5.61. The predicted octanol–water partition coefficient (Wildman–Crippen LogP) is -0.335. The van der Waals surface area contributed by atoms with Crippen LogP contribution in [0.2, 0.25) is 0 Å². The highest BCUT2D eigenvalue weighted by molar-refractivity contribution is 7.89. The van der Waals surface area contributed by atoms with Crippen LogP contribution in [0.1, 0.15) is 0 Å². The number of rotatable bonds is 1. The molecule has 0 unspecified atom stereocenters. The molecule has 1 amide bonds. The number of nitrogens with one attached hydrogen (secondary N) is 1. The molecule has 2 rings (SSSR count). The van der Waals surface area contributed by atoms with Crippen LogP contribution >= 0.6 is 0 Å². The first kappa shape index (κ1) is 9.94. The fraction of sp³-hybridized carbons (Fsp3) is 0.125. The van der Waals surface area contributed by atoms with Gasteiger partial charge in [-0.1, -0.05) is 6.07 Å². The van der Waals surface area contributed by atoms with Crippen molar-refractivity contribution in [3.05, 3.63) is 18.2 Å². The Hall–Kier alpha value is -1.60. The smallest absolute Gasteiger partial charge is 0.262 e. The molecule has 0 fully saturated rings. The zero-order chi connectivity index (χ0) is 11.1. The van der Waals surface area contributed by atoms with E-state index in [4.69, 9.17) is 9.88 Å². The summed E-state index contributed by atoms with van der Waals surface area (Å²) in [6.45, 7) is -0.124. The second-order valence-corrected chi connectivity index (χ2v) is 4.54. The number of amides is 1. The van der Waals surface area contributed by atoms with Crippen LogP contribution in [0.25, 0.3) is 0 Å². The van der Waals surface area contributed by atoms with Gasteiger partial charge in [-0.2, -0.15) is 0 Å². The summed E-state index contributed by atoms with van der Waals surface area (Å²) in [5.41, 5.74) is 0.108. The molecule has 0 spiro atoms. The van der Waals surface area contributed by atoms with Crippen LogP contribution in [0.3, 0.4) is 0 Å². The van der Waals surface area contributed by atoms with Crippen molar-refractivity contribution in [1.82, 2.24) is 0 Å². The van der Waals surface area contributed by atoms with Gasteiger partial charge in [0.1, 0.15) is 16.3 Å². The van der Waals surface area contributed by atoms with Gasteiger partial charge in [0.15, 0.2) is 6.61 Å². The molecule has 1 aliphatic heterocycles. The van der Waals surface area contributed by atoms with Crippen molar-refractivity contribution in [1.29, 1.82) is 0 Å². The normalized spacial score (nSPS) is 15.1. The maximum absolute atomic E-state index is 11.2. The van der Waals surface area contributed by atoms with Gasteiger partial charge >= 0.3 is 0 Å². The largest absolute Gasteiger partial charge is 0.482 e. The fourth-order valence-corrected chi connectivity index (χ4v) is 2.01. The molecule has 1 aliphatic rings. The molecule has 6 nitrogen and oxygen atoms in total. The Labute approximate surface area is 86.1 Å². The minimum Gasteiger partial charge on any atom is -0.482 e. The Morgan fingerprint density at radius 2 is 2.13 bits per heavy atom. The zero-order valence-corrected chi connectivity index (χ0v) is 8.37. The van der Waals surface area contributed by atoms with Crippen LogP contribution in [0.15, 0.2) is 23.1 Å². The molecule has 7 heteroatoms. The van der Waals surface area contributed by atoms with Gasteiger partial charge in [-0.3, -0.25) is 4.79 Å². The molecule has 1 aromatic carbocycles. The van der Waals surface area contributed by atoms with E-state index in [1.807, 2.05) is 0 Å². The molecule has 0 aliphatic carbocycles. The van der Waals surface area contributed by atoms with E-state index in [0.717, 1.165) is 0 Å². The van der Waals surface area contributed by atoms with E-state index in [9.17, 15) is 13.2 Å². The first-order valence-electron chi connectivity index (χ1n) is 4.07. The van der Waals surface area contributed by atoms with E-state index in [0.29, 0.717) is 5.75 Å². The maximum atomic E-state index is 11.2. The van der Waals surface area contributed by atoms with Crippen LogP contribution in [-0.4, -0.2) is 20.9 Å². The van der Waals surface area contributed by atoms with Crippen molar-refractivity contribution in [2.75, 3.05) is 11.9 Å². The number of hydrogen-bond acceptors (Lipinski definition) is 4. The number of sulfonamides is 1. The third kappa shape index (κ3) is 1.79. The lowest BCUT2D eigenvalue weighted by Crippen LogP contribution is -2.27. The van der Waals surface area contributed by atoms with Gasteiger partial charge in [-0.05, 0) is 12.1 Å². The molecule has 1 aromatic rings. The van der Waals surface area contributed by atoms with E-state index >= 15 is 0 Å². The van der Waals surface area contributed by atoms with Crippen molar-refractivity contribution >= 4 is 21.6 Å². The number of ether oxygens (including phenoxy) is 1. The van der Waals surface area contributed by atoms with E-state index in [-0.39, 0.29) is 17.2 Å². The quantitative estimate of drug-likeness (QED) is 0.687. The van der Waals surface area contributed by atoms with Crippen LogP contribution in [-0.2, 0) is 14.8 Å². The summed E-state index contributed by atoms with van der Waals surface area (Å²) in [6, 6.07) is 4.36. The third-order valence-corrected chi connectivity index (χ3v) is 2.87. The third-order valence-electron chi connectivity index (χ3n) is 1.92. The fourth-order valence-electron chi connectivity index (χ4n) is 1.31. The lowest BCUT2D eigenvalue weighted by Gasteiger charge is -2.19. The number of fused-ring (bicyclic) bond motifs is 1. The first-order chi connectivity index (χ1) is 6.98. The summed E-state index contributed by atoms with van der Waals surface area (Å²) in [4.78, 5) is 10.9. The monoisotopic (exact) mass is 228 g/mol. The minimum absolute atomic E-state index is 0.108. The van der Waals surface area contributed by atoms with Gasteiger partial charge in [0.2, 0.25) is 10.0 Å². The number of benzene rings is 1. The molecule has 1 heterocycles. The molecule has 0 radical (unpaired) electrons. The van der Waals surface area contributed by atoms with Gasteiger partial charge in [-0.15, -0.1) is 0 Å². The van der Waals surface area contributed by atoms with Crippen molar-refractivity contribution in [3.63, 3.8) is 0 Å². The minimum atomic E-state index is -3.86. The summed E-state index contributed by atoms with van der Waals surface area (Å²) in [5, 5.41) is 7.40.